The fourth-order valence-corrected chi connectivity index (χ4v) is 7.32. The van der Waals surface area contributed by atoms with Gasteiger partial charge in [0.1, 0.15) is 11.6 Å². The standard InChI is InChI=1S/C36H41N5O3S/c1-40-18-20-41(21-19-40)17-9-16-37-33(42)30(22-26-10-3-2-4-11-26)38-35(44)36(24-28-13-5-6-14-29(28)25-36)39-34(43)32-23-27-12-7-8-15-31(27)45-32/h2-8,10-15,23,30H,9,16-22,24-25H2,1H3,(H,37,42)(H,38,44)(H,39,43)/t30-/m1/s1. The lowest BCUT2D eigenvalue weighted by atomic mass is 9.92. The molecule has 3 aromatic carbocycles. The van der Waals surface area contributed by atoms with Crippen molar-refractivity contribution in [2.45, 2.75) is 37.3 Å². The summed E-state index contributed by atoms with van der Waals surface area (Å²) in [5, 5.41) is 10.3. The lowest BCUT2D eigenvalue weighted by Crippen LogP contribution is -2.63. The largest absolute Gasteiger partial charge is 0.354 e. The van der Waals surface area contributed by atoms with E-state index in [9.17, 15) is 14.4 Å². The van der Waals surface area contributed by atoms with Crippen LogP contribution in [-0.4, -0.2) is 85.4 Å². The van der Waals surface area contributed by atoms with Crippen LogP contribution in [-0.2, 0) is 28.9 Å². The summed E-state index contributed by atoms with van der Waals surface area (Å²) in [7, 11) is 2.14. The lowest BCUT2D eigenvalue weighted by molar-refractivity contribution is -0.132. The number of benzene rings is 3. The van der Waals surface area contributed by atoms with Gasteiger partial charge in [-0.15, -0.1) is 11.3 Å². The van der Waals surface area contributed by atoms with Crippen LogP contribution in [0.5, 0.6) is 0 Å². The number of likely N-dealkylation sites (N-methyl/N-ethyl adjacent to an activating group) is 1. The first-order chi connectivity index (χ1) is 21.9. The summed E-state index contributed by atoms with van der Waals surface area (Å²) in [5.41, 5.74) is 1.79. The molecule has 1 aliphatic heterocycles. The molecule has 234 valence electrons. The second kappa shape index (κ2) is 13.9. The van der Waals surface area contributed by atoms with Crippen LogP contribution in [0.2, 0.25) is 0 Å². The summed E-state index contributed by atoms with van der Waals surface area (Å²) in [5.74, 6) is -0.846. The molecule has 45 heavy (non-hydrogen) atoms. The highest BCUT2D eigenvalue weighted by molar-refractivity contribution is 7.20. The number of fused-ring (bicyclic) bond motifs is 2. The molecule has 8 nitrogen and oxygen atoms in total. The van der Waals surface area contributed by atoms with Gasteiger partial charge in [-0.05, 0) is 54.2 Å². The fourth-order valence-electron chi connectivity index (χ4n) is 6.36. The highest BCUT2D eigenvalue weighted by Gasteiger charge is 2.46. The molecule has 0 bridgehead atoms. The third-order valence-corrected chi connectivity index (χ3v) is 10.1. The molecule has 9 heteroatoms. The highest BCUT2D eigenvalue weighted by Crippen LogP contribution is 2.32. The van der Waals surface area contributed by atoms with E-state index in [0.29, 0.717) is 30.7 Å². The molecule has 0 spiro atoms. The summed E-state index contributed by atoms with van der Waals surface area (Å²) in [4.78, 5) is 47.0. The Morgan fingerprint density at radius 2 is 1.53 bits per heavy atom. The number of piperazine rings is 1. The molecule has 4 aromatic rings. The monoisotopic (exact) mass is 623 g/mol. The average Bonchev–Trinajstić information content (AvgIpc) is 3.66. The molecule has 2 aliphatic rings. The molecule has 6 rings (SSSR count). The molecule has 0 radical (unpaired) electrons. The van der Waals surface area contributed by atoms with Crippen LogP contribution in [0.15, 0.2) is 84.9 Å². The smallest absolute Gasteiger partial charge is 0.262 e. The Morgan fingerprint density at radius 3 is 2.24 bits per heavy atom. The lowest BCUT2D eigenvalue weighted by Gasteiger charge is -2.32. The molecule has 2 heterocycles. The third kappa shape index (κ3) is 7.44. The van der Waals surface area contributed by atoms with Gasteiger partial charge in [0.2, 0.25) is 11.8 Å². The van der Waals surface area contributed by atoms with E-state index in [-0.39, 0.29) is 17.7 Å². The Bertz CT molecular complexity index is 1590. The van der Waals surface area contributed by atoms with Crippen molar-refractivity contribution in [2.24, 2.45) is 0 Å². The van der Waals surface area contributed by atoms with Crippen LogP contribution in [0.1, 0.15) is 32.8 Å². The van der Waals surface area contributed by atoms with Gasteiger partial charge < -0.3 is 25.8 Å². The molecule has 3 N–H and O–H groups in total. The highest BCUT2D eigenvalue weighted by atomic mass is 32.1. The topological polar surface area (TPSA) is 93.8 Å². The maximum Gasteiger partial charge on any atom is 0.262 e. The zero-order chi connectivity index (χ0) is 31.2. The zero-order valence-corrected chi connectivity index (χ0v) is 26.6. The Labute approximate surface area is 268 Å². The number of thiophene rings is 1. The van der Waals surface area contributed by atoms with Gasteiger partial charge in [-0.3, -0.25) is 14.4 Å². The molecule has 0 saturated carbocycles. The van der Waals surface area contributed by atoms with Crippen molar-refractivity contribution in [1.29, 1.82) is 0 Å². The number of nitrogens with one attached hydrogen (secondary N) is 3. The molecule has 0 unspecified atom stereocenters. The van der Waals surface area contributed by atoms with Crippen molar-refractivity contribution in [1.82, 2.24) is 25.8 Å². The second-order valence-electron chi connectivity index (χ2n) is 12.3. The second-order valence-corrected chi connectivity index (χ2v) is 13.4. The van der Waals surface area contributed by atoms with Crippen molar-refractivity contribution >= 4 is 39.1 Å². The van der Waals surface area contributed by atoms with Gasteiger partial charge in [0.25, 0.3) is 5.91 Å². The molecule has 1 aliphatic carbocycles. The predicted octanol–water partition coefficient (Wildman–Crippen LogP) is 3.65. The third-order valence-electron chi connectivity index (χ3n) is 8.99. The number of nitrogens with zero attached hydrogens (tertiary/aromatic N) is 2. The minimum Gasteiger partial charge on any atom is -0.354 e. The summed E-state index contributed by atoms with van der Waals surface area (Å²) >= 11 is 1.41. The van der Waals surface area contributed by atoms with E-state index in [4.69, 9.17) is 0 Å². The van der Waals surface area contributed by atoms with E-state index in [1.165, 1.54) is 11.3 Å². The van der Waals surface area contributed by atoms with E-state index in [0.717, 1.165) is 65.9 Å². The maximum absolute atomic E-state index is 14.3. The van der Waals surface area contributed by atoms with Crippen molar-refractivity contribution in [3.05, 3.63) is 106 Å². The van der Waals surface area contributed by atoms with Crippen LogP contribution in [0.25, 0.3) is 10.1 Å². The van der Waals surface area contributed by atoms with E-state index < -0.39 is 11.6 Å². The van der Waals surface area contributed by atoms with E-state index >= 15 is 0 Å². The van der Waals surface area contributed by atoms with Gasteiger partial charge in [0.15, 0.2) is 0 Å². The molecular weight excluding hydrogens is 582 g/mol. The molecule has 3 amide bonds. The maximum atomic E-state index is 14.3. The number of carbonyl (C=O) groups is 3. The van der Waals surface area contributed by atoms with E-state index in [1.807, 2.05) is 84.9 Å². The zero-order valence-electron chi connectivity index (χ0n) is 25.8. The number of amides is 3. The number of hydrogen-bond acceptors (Lipinski definition) is 6. The fraction of sp³-hybridized carbons (Fsp3) is 0.361. The van der Waals surface area contributed by atoms with Gasteiger partial charge in [0.05, 0.1) is 4.88 Å². The average molecular weight is 624 g/mol. The summed E-state index contributed by atoms with van der Waals surface area (Å²) < 4.78 is 1.02. The Morgan fingerprint density at radius 1 is 0.867 bits per heavy atom. The normalized spacial score (nSPS) is 17.0. The minimum atomic E-state index is -1.21. The minimum absolute atomic E-state index is 0.216. The predicted molar refractivity (Wildman–Crippen MR) is 180 cm³/mol. The number of hydrogen-bond donors (Lipinski definition) is 3. The molecule has 1 saturated heterocycles. The quantitative estimate of drug-likeness (QED) is 0.222. The summed E-state index contributed by atoms with van der Waals surface area (Å²) in [6.07, 6.45) is 1.91. The summed E-state index contributed by atoms with van der Waals surface area (Å²) in [6.45, 7) is 5.65. The van der Waals surface area contributed by atoms with Gasteiger partial charge in [-0.25, -0.2) is 0 Å². The van der Waals surface area contributed by atoms with Crippen molar-refractivity contribution in [2.75, 3.05) is 46.3 Å². The SMILES string of the molecule is CN1CCN(CCCNC(=O)[C@@H](Cc2ccccc2)NC(=O)C2(NC(=O)c3cc4ccccc4s3)Cc3ccccc3C2)CC1. The van der Waals surface area contributed by atoms with Gasteiger partial charge in [-0.1, -0.05) is 72.8 Å². The summed E-state index contributed by atoms with van der Waals surface area (Å²) in [6, 6.07) is 26.6. The Balaban J connectivity index is 1.18. The van der Waals surface area contributed by atoms with E-state index in [2.05, 4.69) is 32.8 Å². The van der Waals surface area contributed by atoms with Gasteiger partial charge >= 0.3 is 0 Å². The number of rotatable bonds is 11. The van der Waals surface area contributed by atoms with Crippen molar-refractivity contribution < 1.29 is 14.4 Å². The van der Waals surface area contributed by atoms with Crippen LogP contribution in [0.3, 0.4) is 0 Å². The van der Waals surface area contributed by atoms with Crippen LogP contribution in [0.4, 0.5) is 0 Å². The molecular formula is C36H41N5O3S. The van der Waals surface area contributed by atoms with Gasteiger partial charge in [-0.2, -0.15) is 0 Å². The van der Waals surface area contributed by atoms with Crippen LogP contribution in [0, 0.1) is 0 Å². The van der Waals surface area contributed by atoms with Gasteiger partial charge in [0, 0.05) is 56.7 Å². The number of carbonyl (C=O) groups excluding carboxylic acids is 3. The van der Waals surface area contributed by atoms with Crippen LogP contribution < -0.4 is 16.0 Å². The molecule has 1 atom stereocenters. The van der Waals surface area contributed by atoms with Crippen molar-refractivity contribution in [3.63, 3.8) is 0 Å². The first-order valence-corrected chi connectivity index (χ1v) is 16.6. The van der Waals surface area contributed by atoms with Crippen molar-refractivity contribution in [3.8, 4) is 0 Å². The first-order valence-electron chi connectivity index (χ1n) is 15.8. The first kappa shape index (κ1) is 31.0. The Hall–Kier alpha value is -4.05. The van der Waals surface area contributed by atoms with Crippen LogP contribution >= 0.6 is 11.3 Å². The Kier molecular flexibility index (Phi) is 9.59. The van der Waals surface area contributed by atoms with E-state index in [1.54, 1.807) is 0 Å². The molecule has 1 fully saturated rings. The molecule has 1 aromatic heterocycles.